The van der Waals surface area contributed by atoms with Crippen LogP contribution in [0.15, 0.2) is 18.2 Å². The normalized spacial score (nSPS) is 19.6. The highest BCUT2D eigenvalue weighted by Crippen LogP contribution is 2.37. The quantitative estimate of drug-likeness (QED) is 0.847. The number of hydrogen-bond donors (Lipinski definition) is 1. The van der Waals surface area contributed by atoms with Crippen molar-refractivity contribution in [2.45, 2.75) is 40.2 Å². The molecule has 1 aliphatic heterocycles. The third-order valence-electron chi connectivity index (χ3n) is 3.17. The fourth-order valence-electron chi connectivity index (χ4n) is 2.66. The van der Waals surface area contributed by atoms with Crippen LogP contribution in [0.2, 0.25) is 0 Å². The second kappa shape index (κ2) is 4.40. The zero-order chi connectivity index (χ0) is 14.4. The summed E-state index contributed by atoms with van der Waals surface area (Å²) < 4.78 is 26.8. The van der Waals surface area contributed by atoms with Crippen molar-refractivity contribution < 1.29 is 8.42 Å². The lowest BCUT2D eigenvalue weighted by molar-refractivity contribution is 0.459. The van der Waals surface area contributed by atoms with Crippen molar-refractivity contribution in [2.75, 3.05) is 15.8 Å². The van der Waals surface area contributed by atoms with Gasteiger partial charge in [0, 0.05) is 11.7 Å². The van der Waals surface area contributed by atoms with E-state index in [-0.39, 0.29) is 17.2 Å². The van der Waals surface area contributed by atoms with Gasteiger partial charge in [-0.05, 0) is 42.5 Å². The summed E-state index contributed by atoms with van der Waals surface area (Å²) >= 11 is 0. The maximum atomic E-state index is 12.6. The Hall–Kier alpha value is -1.23. The van der Waals surface area contributed by atoms with Crippen LogP contribution in [0.25, 0.3) is 0 Å². The summed E-state index contributed by atoms with van der Waals surface area (Å²) in [7, 11) is -3.30. The summed E-state index contributed by atoms with van der Waals surface area (Å²) in [5, 5.41) is 0. The van der Waals surface area contributed by atoms with Crippen LogP contribution >= 0.6 is 0 Å². The summed E-state index contributed by atoms with van der Waals surface area (Å²) in [5.41, 5.74) is 7.99. The second-order valence-electron chi connectivity index (χ2n) is 6.55. The van der Waals surface area contributed by atoms with E-state index in [0.29, 0.717) is 5.69 Å². The predicted molar refractivity (Wildman–Crippen MR) is 79.7 cm³/mol. The van der Waals surface area contributed by atoms with Gasteiger partial charge in [-0.25, -0.2) is 8.42 Å². The lowest BCUT2D eigenvalue weighted by atomic mass is 10.0. The first-order valence-corrected chi connectivity index (χ1v) is 8.11. The van der Waals surface area contributed by atoms with Crippen LogP contribution in [0, 0.1) is 5.41 Å². The number of benzene rings is 1. The fourth-order valence-corrected chi connectivity index (χ4v) is 5.00. The van der Waals surface area contributed by atoms with Crippen LogP contribution in [0.4, 0.5) is 11.4 Å². The average Bonchev–Trinajstić information content (AvgIpc) is 2.49. The Labute approximate surface area is 115 Å². The molecule has 4 nitrogen and oxygen atoms in total. The maximum absolute atomic E-state index is 12.6. The largest absolute Gasteiger partial charge is 0.399 e. The van der Waals surface area contributed by atoms with E-state index < -0.39 is 10.0 Å². The van der Waals surface area contributed by atoms with Crippen molar-refractivity contribution in [3.05, 3.63) is 23.8 Å². The number of nitrogens with two attached hydrogens (primary N) is 1. The molecule has 0 saturated heterocycles. The zero-order valence-electron chi connectivity index (χ0n) is 12.0. The molecule has 0 bridgehead atoms. The molecule has 0 radical (unpaired) electrons. The molecule has 1 atom stereocenters. The maximum Gasteiger partial charge on any atom is 0.235 e. The molecule has 0 aliphatic carbocycles. The van der Waals surface area contributed by atoms with Gasteiger partial charge in [-0.2, -0.15) is 0 Å². The van der Waals surface area contributed by atoms with Crippen LogP contribution in [0.1, 0.15) is 33.3 Å². The van der Waals surface area contributed by atoms with Gasteiger partial charge < -0.3 is 5.73 Å². The molecule has 1 aliphatic rings. The second-order valence-corrected chi connectivity index (χ2v) is 8.40. The molecular formula is C14H22N2O2S. The summed E-state index contributed by atoms with van der Waals surface area (Å²) in [6.07, 6.45) is 0.726. The minimum Gasteiger partial charge on any atom is -0.399 e. The molecule has 0 spiro atoms. The highest BCUT2D eigenvalue weighted by molar-refractivity contribution is 7.92. The van der Waals surface area contributed by atoms with Gasteiger partial charge in [0.1, 0.15) is 0 Å². The fraction of sp³-hybridized carbons (Fsp3) is 0.571. The van der Waals surface area contributed by atoms with E-state index in [2.05, 4.69) is 0 Å². The minimum atomic E-state index is -3.30. The van der Waals surface area contributed by atoms with Crippen molar-refractivity contribution in [2.24, 2.45) is 5.41 Å². The molecule has 1 aromatic carbocycles. The van der Waals surface area contributed by atoms with Gasteiger partial charge in [-0.3, -0.25) is 4.31 Å². The van der Waals surface area contributed by atoms with Crippen LogP contribution < -0.4 is 10.0 Å². The number of anilines is 2. The zero-order valence-corrected chi connectivity index (χ0v) is 12.8. The average molecular weight is 282 g/mol. The van der Waals surface area contributed by atoms with Crippen molar-refractivity contribution in [1.82, 2.24) is 0 Å². The Balaban J connectivity index is 2.42. The molecular weight excluding hydrogens is 260 g/mol. The number of nitrogen functional groups attached to an aromatic ring is 1. The molecule has 0 aromatic heterocycles. The molecule has 1 aromatic rings. The number of sulfonamides is 1. The van der Waals surface area contributed by atoms with Gasteiger partial charge in [0.2, 0.25) is 10.0 Å². The number of hydrogen-bond acceptors (Lipinski definition) is 3. The highest BCUT2D eigenvalue weighted by Gasteiger charge is 2.37. The first kappa shape index (κ1) is 14.2. The standard InChI is InChI=1S/C14H22N2O2S/c1-10-7-11-8-12(15)5-6-13(11)16(10)19(17,18)9-14(2,3)4/h5-6,8,10H,7,9,15H2,1-4H3. The molecule has 19 heavy (non-hydrogen) atoms. The molecule has 5 heteroatoms. The Morgan fingerprint density at radius 2 is 2.00 bits per heavy atom. The van der Waals surface area contributed by atoms with Crippen molar-refractivity contribution in [3.63, 3.8) is 0 Å². The molecule has 0 fully saturated rings. The van der Waals surface area contributed by atoms with Crippen LogP contribution in [-0.4, -0.2) is 20.2 Å². The SMILES string of the molecule is CC1Cc2cc(N)ccc2N1S(=O)(=O)CC(C)(C)C. The van der Waals surface area contributed by atoms with E-state index in [4.69, 9.17) is 5.73 Å². The smallest absolute Gasteiger partial charge is 0.235 e. The molecule has 2 rings (SSSR count). The molecule has 0 amide bonds. The summed E-state index contributed by atoms with van der Waals surface area (Å²) in [6.45, 7) is 7.76. The Morgan fingerprint density at radius 1 is 1.37 bits per heavy atom. The lowest BCUT2D eigenvalue weighted by Crippen LogP contribution is -2.40. The van der Waals surface area contributed by atoms with Gasteiger partial charge in [-0.15, -0.1) is 0 Å². The Morgan fingerprint density at radius 3 is 2.58 bits per heavy atom. The number of fused-ring (bicyclic) bond motifs is 1. The predicted octanol–water partition coefficient (Wildman–Crippen LogP) is 2.40. The minimum absolute atomic E-state index is 0.0378. The summed E-state index contributed by atoms with van der Waals surface area (Å²) in [5.74, 6) is 0.147. The highest BCUT2D eigenvalue weighted by atomic mass is 32.2. The van der Waals surface area contributed by atoms with Gasteiger partial charge in [0.05, 0.1) is 11.4 Å². The molecule has 2 N–H and O–H groups in total. The third-order valence-corrected chi connectivity index (χ3v) is 5.56. The van der Waals surface area contributed by atoms with Gasteiger partial charge in [0.25, 0.3) is 0 Å². The van der Waals surface area contributed by atoms with Crippen molar-refractivity contribution in [1.29, 1.82) is 0 Å². The van der Waals surface area contributed by atoms with E-state index in [1.807, 2.05) is 39.8 Å². The third kappa shape index (κ3) is 2.86. The van der Waals surface area contributed by atoms with Gasteiger partial charge in [-0.1, -0.05) is 20.8 Å². The van der Waals surface area contributed by atoms with Crippen molar-refractivity contribution >= 4 is 21.4 Å². The van der Waals surface area contributed by atoms with Gasteiger partial charge >= 0.3 is 0 Å². The monoisotopic (exact) mass is 282 g/mol. The molecule has 1 heterocycles. The summed E-state index contributed by atoms with van der Waals surface area (Å²) in [6, 6.07) is 5.41. The van der Waals surface area contributed by atoms with E-state index in [0.717, 1.165) is 17.7 Å². The van der Waals surface area contributed by atoms with E-state index >= 15 is 0 Å². The van der Waals surface area contributed by atoms with Crippen LogP contribution in [0.3, 0.4) is 0 Å². The van der Waals surface area contributed by atoms with Crippen LogP contribution in [0.5, 0.6) is 0 Å². The van der Waals surface area contributed by atoms with Crippen LogP contribution in [-0.2, 0) is 16.4 Å². The first-order chi connectivity index (χ1) is 8.60. The Kier molecular flexibility index (Phi) is 3.29. The first-order valence-electron chi connectivity index (χ1n) is 6.51. The van der Waals surface area contributed by atoms with E-state index in [1.54, 1.807) is 10.4 Å². The molecule has 106 valence electrons. The Bertz CT molecular complexity index is 588. The molecule has 1 unspecified atom stereocenters. The number of rotatable bonds is 2. The van der Waals surface area contributed by atoms with Gasteiger partial charge in [0.15, 0.2) is 0 Å². The van der Waals surface area contributed by atoms with Crippen molar-refractivity contribution in [3.8, 4) is 0 Å². The topological polar surface area (TPSA) is 63.4 Å². The summed E-state index contributed by atoms with van der Waals surface area (Å²) in [4.78, 5) is 0. The number of nitrogens with zero attached hydrogens (tertiary/aromatic N) is 1. The van der Waals surface area contributed by atoms with E-state index in [1.165, 1.54) is 0 Å². The molecule has 0 saturated carbocycles. The lowest BCUT2D eigenvalue weighted by Gasteiger charge is -2.28. The van der Waals surface area contributed by atoms with E-state index in [9.17, 15) is 8.42 Å².